The summed E-state index contributed by atoms with van der Waals surface area (Å²) in [7, 11) is 1.98. The number of hydrazine groups is 1. The highest BCUT2D eigenvalue weighted by molar-refractivity contribution is 5.18. The van der Waals surface area contributed by atoms with Crippen molar-refractivity contribution in [3.8, 4) is 0 Å². The lowest BCUT2D eigenvalue weighted by molar-refractivity contribution is 0.133. The molecule has 1 aromatic rings. The Morgan fingerprint density at radius 3 is 2.56 bits per heavy atom. The molecule has 1 N–H and O–H groups in total. The SMILES string of the molecule is Cc1nn(C)cc1C(C)NN1CCCCC1. The first-order valence-electron chi connectivity index (χ1n) is 6.18. The van der Waals surface area contributed by atoms with Crippen LogP contribution in [-0.4, -0.2) is 27.9 Å². The largest absolute Gasteiger partial charge is 0.275 e. The minimum atomic E-state index is 0.354. The second-order valence-electron chi connectivity index (χ2n) is 4.74. The van der Waals surface area contributed by atoms with Gasteiger partial charge in [-0.1, -0.05) is 6.42 Å². The molecule has 0 aliphatic carbocycles. The molecular weight excluding hydrogens is 200 g/mol. The molecule has 90 valence electrons. The summed E-state index contributed by atoms with van der Waals surface area (Å²) in [5.41, 5.74) is 5.99. The van der Waals surface area contributed by atoms with E-state index < -0.39 is 0 Å². The van der Waals surface area contributed by atoms with Crippen LogP contribution in [0.25, 0.3) is 0 Å². The molecule has 0 saturated carbocycles. The van der Waals surface area contributed by atoms with E-state index in [1.165, 1.54) is 37.9 Å². The van der Waals surface area contributed by atoms with Crippen LogP contribution >= 0.6 is 0 Å². The van der Waals surface area contributed by atoms with Gasteiger partial charge in [0.1, 0.15) is 0 Å². The number of hydrogen-bond donors (Lipinski definition) is 1. The van der Waals surface area contributed by atoms with Gasteiger partial charge in [-0.3, -0.25) is 4.68 Å². The molecule has 2 heterocycles. The van der Waals surface area contributed by atoms with E-state index in [4.69, 9.17) is 0 Å². The summed E-state index contributed by atoms with van der Waals surface area (Å²) < 4.78 is 1.89. The quantitative estimate of drug-likeness (QED) is 0.846. The first-order chi connectivity index (χ1) is 7.66. The van der Waals surface area contributed by atoms with E-state index in [9.17, 15) is 0 Å². The van der Waals surface area contributed by atoms with E-state index in [0.29, 0.717) is 6.04 Å². The summed E-state index contributed by atoms with van der Waals surface area (Å²) in [5, 5.41) is 6.73. The fourth-order valence-corrected chi connectivity index (χ4v) is 2.41. The first-order valence-corrected chi connectivity index (χ1v) is 6.18. The third kappa shape index (κ3) is 2.62. The number of rotatable bonds is 3. The molecule has 0 bridgehead atoms. The van der Waals surface area contributed by atoms with Crippen LogP contribution in [0.15, 0.2) is 6.20 Å². The van der Waals surface area contributed by atoms with Crippen LogP contribution in [0.4, 0.5) is 0 Å². The van der Waals surface area contributed by atoms with Crippen LogP contribution in [0.5, 0.6) is 0 Å². The zero-order valence-corrected chi connectivity index (χ0v) is 10.5. The summed E-state index contributed by atoms with van der Waals surface area (Å²) in [5.74, 6) is 0. The van der Waals surface area contributed by atoms with Gasteiger partial charge >= 0.3 is 0 Å². The molecule has 2 rings (SSSR count). The minimum Gasteiger partial charge on any atom is -0.275 e. The highest BCUT2D eigenvalue weighted by atomic mass is 15.5. The van der Waals surface area contributed by atoms with Gasteiger partial charge in [0.2, 0.25) is 0 Å². The molecule has 1 atom stereocenters. The van der Waals surface area contributed by atoms with Crippen molar-refractivity contribution in [1.82, 2.24) is 20.2 Å². The zero-order chi connectivity index (χ0) is 11.5. The predicted octanol–water partition coefficient (Wildman–Crippen LogP) is 1.78. The molecule has 1 aliphatic rings. The third-order valence-corrected chi connectivity index (χ3v) is 3.25. The Balaban J connectivity index is 1.96. The molecule has 0 amide bonds. The van der Waals surface area contributed by atoms with E-state index in [-0.39, 0.29) is 0 Å². The third-order valence-electron chi connectivity index (χ3n) is 3.25. The van der Waals surface area contributed by atoms with Crippen molar-refractivity contribution in [1.29, 1.82) is 0 Å². The molecule has 4 heteroatoms. The fraction of sp³-hybridized carbons (Fsp3) is 0.750. The maximum absolute atomic E-state index is 4.38. The van der Waals surface area contributed by atoms with Crippen molar-refractivity contribution < 1.29 is 0 Å². The lowest BCUT2D eigenvalue weighted by atomic mass is 10.1. The average Bonchev–Trinajstić information content (AvgIpc) is 2.59. The normalized spacial score (nSPS) is 19.9. The van der Waals surface area contributed by atoms with Gasteiger partial charge in [-0.2, -0.15) is 5.10 Å². The van der Waals surface area contributed by atoms with Gasteiger partial charge in [-0.25, -0.2) is 10.4 Å². The molecule has 1 fully saturated rings. The van der Waals surface area contributed by atoms with E-state index in [2.05, 4.69) is 35.6 Å². The van der Waals surface area contributed by atoms with Gasteiger partial charge in [-0.15, -0.1) is 0 Å². The van der Waals surface area contributed by atoms with E-state index >= 15 is 0 Å². The zero-order valence-electron chi connectivity index (χ0n) is 10.5. The van der Waals surface area contributed by atoms with Gasteiger partial charge in [0.15, 0.2) is 0 Å². The molecule has 0 aromatic carbocycles. The number of nitrogens with one attached hydrogen (secondary N) is 1. The number of hydrogen-bond acceptors (Lipinski definition) is 3. The highest BCUT2D eigenvalue weighted by Crippen LogP contribution is 2.17. The lowest BCUT2D eigenvalue weighted by Crippen LogP contribution is -2.42. The van der Waals surface area contributed by atoms with E-state index in [0.717, 1.165) is 5.69 Å². The fourth-order valence-electron chi connectivity index (χ4n) is 2.41. The number of aryl methyl sites for hydroxylation is 2. The average molecular weight is 222 g/mol. The molecule has 4 nitrogen and oxygen atoms in total. The Morgan fingerprint density at radius 2 is 2.00 bits per heavy atom. The second kappa shape index (κ2) is 4.97. The van der Waals surface area contributed by atoms with Crippen molar-refractivity contribution in [3.63, 3.8) is 0 Å². The van der Waals surface area contributed by atoms with Crippen LogP contribution in [0, 0.1) is 6.92 Å². The van der Waals surface area contributed by atoms with Crippen LogP contribution < -0.4 is 5.43 Å². The second-order valence-corrected chi connectivity index (χ2v) is 4.74. The molecule has 1 aliphatic heterocycles. The topological polar surface area (TPSA) is 33.1 Å². The van der Waals surface area contributed by atoms with E-state index in [1.54, 1.807) is 0 Å². The number of aromatic nitrogens is 2. The summed E-state index contributed by atoms with van der Waals surface area (Å²) in [6, 6.07) is 0.354. The summed E-state index contributed by atoms with van der Waals surface area (Å²) in [4.78, 5) is 0. The van der Waals surface area contributed by atoms with Crippen LogP contribution in [-0.2, 0) is 7.05 Å². The smallest absolute Gasteiger partial charge is 0.0641 e. The minimum absolute atomic E-state index is 0.354. The van der Waals surface area contributed by atoms with Gasteiger partial charge in [0.25, 0.3) is 0 Å². The molecule has 1 saturated heterocycles. The Labute approximate surface area is 97.6 Å². The van der Waals surface area contributed by atoms with Gasteiger partial charge in [-0.05, 0) is 26.7 Å². The Bertz CT molecular complexity index is 339. The van der Waals surface area contributed by atoms with Crippen molar-refractivity contribution in [3.05, 3.63) is 17.5 Å². The van der Waals surface area contributed by atoms with Gasteiger partial charge < -0.3 is 0 Å². The Kier molecular flexibility index (Phi) is 3.61. The number of nitrogens with zero attached hydrogens (tertiary/aromatic N) is 3. The molecule has 0 spiro atoms. The lowest BCUT2D eigenvalue weighted by Gasteiger charge is -2.30. The van der Waals surface area contributed by atoms with Crippen molar-refractivity contribution in [2.75, 3.05) is 13.1 Å². The molecule has 0 radical (unpaired) electrons. The van der Waals surface area contributed by atoms with Crippen molar-refractivity contribution in [2.45, 2.75) is 39.2 Å². The Hall–Kier alpha value is -0.870. The summed E-state index contributed by atoms with van der Waals surface area (Å²) in [6.07, 6.45) is 6.10. The predicted molar refractivity (Wildman–Crippen MR) is 64.9 cm³/mol. The van der Waals surface area contributed by atoms with Crippen LogP contribution in [0.1, 0.15) is 43.5 Å². The maximum atomic E-state index is 4.38. The standard InChI is InChI=1S/C12H22N4/c1-10-12(9-15(3)13-10)11(2)14-16-7-5-4-6-8-16/h9,11,14H,4-8H2,1-3H3. The van der Waals surface area contributed by atoms with E-state index in [1.807, 2.05) is 11.7 Å². The molecule has 1 unspecified atom stereocenters. The Morgan fingerprint density at radius 1 is 1.31 bits per heavy atom. The maximum Gasteiger partial charge on any atom is 0.0641 e. The monoisotopic (exact) mass is 222 g/mol. The van der Waals surface area contributed by atoms with Crippen molar-refractivity contribution >= 4 is 0 Å². The molecular formula is C12H22N4. The van der Waals surface area contributed by atoms with Crippen LogP contribution in [0.2, 0.25) is 0 Å². The molecule has 16 heavy (non-hydrogen) atoms. The summed E-state index contributed by atoms with van der Waals surface area (Å²) in [6.45, 7) is 6.62. The first kappa shape index (κ1) is 11.6. The van der Waals surface area contributed by atoms with Gasteiger partial charge in [0, 0.05) is 37.9 Å². The summed E-state index contributed by atoms with van der Waals surface area (Å²) >= 11 is 0. The molecule has 1 aromatic heterocycles. The highest BCUT2D eigenvalue weighted by Gasteiger charge is 2.16. The van der Waals surface area contributed by atoms with Gasteiger partial charge in [0.05, 0.1) is 5.69 Å². The van der Waals surface area contributed by atoms with Crippen molar-refractivity contribution in [2.24, 2.45) is 7.05 Å². The van der Waals surface area contributed by atoms with Crippen LogP contribution in [0.3, 0.4) is 0 Å². The number of piperidine rings is 1.